The molecule has 1 unspecified atom stereocenters. The smallest absolute Gasteiger partial charge is 0.329 e. The van der Waals surface area contributed by atoms with Crippen molar-refractivity contribution in [2.75, 3.05) is 20.1 Å². The number of hydrogen-bond acceptors (Lipinski definition) is 4. The number of amides is 1. The van der Waals surface area contributed by atoms with Gasteiger partial charge in [0.25, 0.3) is 0 Å². The standard InChI is InChI=1S/C8H14N2O4/c1-9-4-6(12)10-3-2-5(11)7(10)8(13)14/h5,7,9,11H,2-4H2,1H3,(H,13,14)/t5?,7-/m0/s1. The van der Waals surface area contributed by atoms with Crippen LogP contribution in [0.3, 0.4) is 0 Å². The van der Waals surface area contributed by atoms with Crippen molar-refractivity contribution in [1.82, 2.24) is 10.2 Å². The SMILES string of the molecule is CNCC(=O)N1CCC(O)[C@H]1C(=O)O. The van der Waals surface area contributed by atoms with Crippen molar-refractivity contribution in [3.63, 3.8) is 0 Å². The van der Waals surface area contributed by atoms with Crippen molar-refractivity contribution in [2.24, 2.45) is 0 Å². The molecule has 3 N–H and O–H groups in total. The summed E-state index contributed by atoms with van der Waals surface area (Å²) in [7, 11) is 1.61. The van der Waals surface area contributed by atoms with E-state index in [9.17, 15) is 14.7 Å². The molecule has 2 atom stereocenters. The Labute approximate surface area is 81.5 Å². The number of aliphatic hydroxyl groups excluding tert-OH is 1. The number of nitrogens with zero attached hydrogens (tertiary/aromatic N) is 1. The fourth-order valence-electron chi connectivity index (χ4n) is 1.61. The number of carbonyl (C=O) groups is 2. The number of likely N-dealkylation sites (N-methyl/N-ethyl adjacent to an activating group) is 1. The molecule has 1 saturated heterocycles. The van der Waals surface area contributed by atoms with Crippen LogP contribution in [-0.4, -0.2) is 59.3 Å². The Kier molecular flexibility index (Phi) is 3.43. The van der Waals surface area contributed by atoms with Crippen LogP contribution in [0.25, 0.3) is 0 Å². The van der Waals surface area contributed by atoms with Gasteiger partial charge in [-0.1, -0.05) is 0 Å². The van der Waals surface area contributed by atoms with Crippen LogP contribution in [0.15, 0.2) is 0 Å². The predicted octanol–water partition coefficient (Wildman–Crippen LogP) is -1.75. The first kappa shape index (κ1) is 10.9. The molecule has 6 heteroatoms. The van der Waals surface area contributed by atoms with Gasteiger partial charge in [-0.05, 0) is 13.5 Å². The zero-order valence-electron chi connectivity index (χ0n) is 7.93. The Morgan fingerprint density at radius 2 is 2.21 bits per heavy atom. The Hall–Kier alpha value is -1.14. The second-order valence-corrected chi connectivity index (χ2v) is 3.26. The zero-order chi connectivity index (χ0) is 10.7. The van der Waals surface area contributed by atoms with Gasteiger partial charge in [-0.25, -0.2) is 4.79 Å². The number of likely N-dealkylation sites (tertiary alicyclic amines) is 1. The third-order valence-corrected chi connectivity index (χ3v) is 2.27. The van der Waals surface area contributed by atoms with Gasteiger partial charge in [0, 0.05) is 6.54 Å². The van der Waals surface area contributed by atoms with Crippen LogP contribution >= 0.6 is 0 Å². The van der Waals surface area contributed by atoms with E-state index < -0.39 is 18.1 Å². The molecular formula is C8H14N2O4. The van der Waals surface area contributed by atoms with Gasteiger partial charge in [0.15, 0.2) is 6.04 Å². The second kappa shape index (κ2) is 4.39. The number of hydrogen-bond donors (Lipinski definition) is 3. The van der Waals surface area contributed by atoms with E-state index in [0.29, 0.717) is 13.0 Å². The summed E-state index contributed by atoms with van der Waals surface area (Å²) >= 11 is 0. The summed E-state index contributed by atoms with van der Waals surface area (Å²) in [5.74, 6) is -1.45. The minimum Gasteiger partial charge on any atom is -0.480 e. The molecule has 0 saturated carbocycles. The highest BCUT2D eigenvalue weighted by atomic mass is 16.4. The number of rotatable bonds is 3. The summed E-state index contributed by atoms with van der Waals surface area (Å²) in [4.78, 5) is 23.3. The highest BCUT2D eigenvalue weighted by molar-refractivity contribution is 5.85. The molecule has 0 aromatic carbocycles. The van der Waals surface area contributed by atoms with E-state index in [-0.39, 0.29) is 12.5 Å². The summed E-state index contributed by atoms with van der Waals surface area (Å²) in [5.41, 5.74) is 0. The average Bonchev–Trinajstić information content (AvgIpc) is 2.47. The molecule has 6 nitrogen and oxygen atoms in total. The largest absolute Gasteiger partial charge is 0.480 e. The van der Waals surface area contributed by atoms with Crippen LogP contribution in [0.4, 0.5) is 0 Å². The number of carboxylic acids is 1. The lowest BCUT2D eigenvalue weighted by Gasteiger charge is -2.22. The predicted molar refractivity (Wildman–Crippen MR) is 47.7 cm³/mol. The third kappa shape index (κ3) is 2.02. The van der Waals surface area contributed by atoms with Gasteiger partial charge in [0.2, 0.25) is 5.91 Å². The molecule has 0 aromatic rings. The third-order valence-electron chi connectivity index (χ3n) is 2.27. The van der Waals surface area contributed by atoms with Crippen molar-refractivity contribution in [1.29, 1.82) is 0 Å². The van der Waals surface area contributed by atoms with Crippen molar-refractivity contribution in [3.8, 4) is 0 Å². The minimum atomic E-state index is -1.15. The van der Waals surface area contributed by atoms with Crippen molar-refractivity contribution in [3.05, 3.63) is 0 Å². The molecular weight excluding hydrogens is 188 g/mol. The molecule has 1 aliphatic rings. The fraction of sp³-hybridized carbons (Fsp3) is 0.750. The van der Waals surface area contributed by atoms with Crippen LogP contribution < -0.4 is 5.32 Å². The lowest BCUT2D eigenvalue weighted by molar-refractivity contribution is -0.150. The van der Waals surface area contributed by atoms with E-state index >= 15 is 0 Å². The lowest BCUT2D eigenvalue weighted by atomic mass is 10.2. The maximum atomic E-state index is 11.4. The quantitative estimate of drug-likeness (QED) is 0.505. The van der Waals surface area contributed by atoms with Gasteiger partial charge in [0.05, 0.1) is 12.6 Å². The van der Waals surface area contributed by atoms with Gasteiger partial charge in [-0.2, -0.15) is 0 Å². The summed E-state index contributed by atoms with van der Waals surface area (Å²) in [6.45, 7) is 0.398. The van der Waals surface area contributed by atoms with E-state index in [1.807, 2.05) is 0 Å². The van der Waals surface area contributed by atoms with Crippen molar-refractivity contribution < 1.29 is 19.8 Å². The Bertz CT molecular complexity index is 243. The number of carbonyl (C=O) groups excluding carboxylic acids is 1. The highest BCUT2D eigenvalue weighted by Gasteiger charge is 2.40. The summed E-state index contributed by atoms with van der Waals surface area (Å²) in [5, 5.41) is 20.8. The van der Waals surface area contributed by atoms with Crippen LogP contribution in [0.5, 0.6) is 0 Å². The number of aliphatic hydroxyl groups is 1. The molecule has 14 heavy (non-hydrogen) atoms. The molecule has 0 aliphatic carbocycles. The van der Waals surface area contributed by atoms with E-state index in [4.69, 9.17) is 5.11 Å². The lowest BCUT2D eigenvalue weighted by Crippen LogP contribution is -2.47. The van der Waals surface area contributed by atoms with Gasteiger partial charge in [-0.3, -0.25) is 4.79 Å². The normalized spacial score (nSPS) is 26.6. The maximum absolute atomic E-state index is 11.4. The minimum absolute atomic E-state index is 0.0938. The molecule has 0 bridgehead atoms. The van der Waals surface area contributed by atoms with Crippen molar-refractivity contribution in [2.45, 2.75) is 18.6 Å². The van der Waals surface area contributed by atoms with Gasteiger partial charge in [-0.15, -0.1) is 0 Å². The molecule has 0 aromatic heterocycles. The van der Waals surface area contributed by atoms with E-state index in [1.165, 1.54) is 4.90 Å². The molecule has 0 spiro atoms. The zero-order valence-corrected chi connectivity index (χ0v) is 7.93. The van der Waals surface area contributed by atoms with Gasteiger partial charge < -0.3 is 20.4 Å². The summed E-state index contributed by atoms with van der Waals surface area (Å²) in [6.07, 6.45) is -0.625. The molecule has 1 amide bonds. The molecule has 1 rings (SSSR count). The molecule has 1 heterocycles. The second-order valence-electron chi connectivity index (χ2n) is 3.26. The Balaban J connectivity index is 2.69. The van der Waals surface area contributed by atoms with Crippen LogP contribution in [0, 0.1) is 0 Å². The van der Waals surface area contributed by atoms with E-state index in [1.54, 1.807) is 7.05 Å². The summed E-state index contributed by atoms with van der Waals surface area (Å²) < 4.78 is 0. The van der Waals surface area contributed by atoms with Crippen LogP contribution in [-0.2, 0) is 9.59 Å². The molecule has 1 fully saturated rings. The van der Waals surface area contributed by atoms with Gasteiger partial charge >= 0.3 is 5.97 Å². The van der Waals surface area contributed by atoms with E-state index in [0.717, 1.165) is 0 Å². The monoisotopic (exact) mass is 202 g/mol. The highest BCUT2D eigenvalue weighted by Crippen LogP contribution is 2.17. The number of nitrogens with one attached hydrogen (secondary N) is 1. The first-order valence-electron chi connectivity index (χ1n) is 4.43. The summed E-state index contributed by atoms with van der Waals surface area (Å²) in [6, 6.07) is -1.09. The molecule has 80 valence electrons. The first-order valence-corrected chi connectivity index (χ1v) is 4.43. The van der Waals surface area contributed by atoms with Gasteiger partial charge in [0.1, 0.15) is 0 Å². The number of carboxylic acid groups (broad SMARTS) is 1. The first-order chi connectivity index (χ1) is 6.57. The molecule has 1 aliphatic heterocycles. The van der Waals surface area contributed by atoms with Crippen LogP contribution in [0.2, 0.25) is 0 Å². The Morgan fingerprint density at radius 3 is 2.71 bits per heavy atom. The number of aliphatic carboxylic acids is 1. The maximum Gasteiger partial charge on any atom is 0.329 e. The van der Waals surface area contributed by atoms with E-state index in [2.05, 4.69) is 5.32 Å². The van der Waals surface area contributed by atoms with Crippen molar-refractivity contribution >= 4 is 11.9 Å². The Morgan fingerprint density at radius 1 is 1.57 bits per heavy atom. The molecule has 0 radical (unpaired) electrons. The van der Waals surface area contributed by atoms with Crippen LogP contribution in [0.1, 0.15) is 6.42 Å². The topological polar surface area (TPSA) is 89.9 Å². The fourth-order valence-corrected chi connectivity index (χ4v) is 1.61. The average molecular weight is 202 g/mol.